The monoisotopic (exact) mass is 411 g/mol. The van der Waals surface area contributed by atoms with Gasteiger partial charge in [0.05, 0.1) is 0 Å². The van der Waals surface area contributed by atoms with E-state index in [2.05, 4.69) is 24.8 Å². The van der Waals surface area contributed by atoms with Crippen LogP contribution >= 0.6 is 24.8 Å². The molecule has 0 radical (unpaired) electrons. The molecule has 3 fully saturated rings. The smallest absolute Gasteiger partial charge is 0.226 e. The van der Waals surface area contributed by atoms with Crippen molar-refractivity contribution in [2.45, 2.75) is 38.0 Å². The Labute approximate surface area is 171 Å². The van der Waals surface area contributed by atoms with Crippen molar-refractivity contribution >= 4 is 36.4 Å². The molecule has 1 aliphatic carbocycles. The Morgan fingerprint density at radius 1 is 1.11 bits per heavy atom. The summed E-state index contributed by atoms with van der Waals surface area (Å²) in [6, 6.07) is 5.99. The summed E-state index contributed by atoms with van der Waals surface area (Å²) in [6.45, 7) is 3.86. The van der Waals surface area contributed by atoms with Gasteiger partial charge in [-0.3, -0.25) is 9.20 Å². The number of nitrogens with zero attached hydrogens (tertiary/aromatic N) is 4. The largest absolute Gasteiger partial charge is 0.342 e. The predicted molar refractivity (Wildman–Crippen MR) is 109 cm³/mol. The molecular formula is C19H27Cl2N5O. The fourth-order valence-corrected chi connectivity index (χ4v) is 4.89. The Hall–Kier alpha value is -1.37. The SMILES string of the molecule is Cl.Cl.O=C(C1CC12CCNCC2)N1CCC(c2nnc3ccccn23)CC1. The van der Waals surface area contributed by atoms with Crippen molar-refractivity contribution in [3.63, 3.8) is 0 Å². The second-order valence-electron chi connectivity index (χ2n) is 7.96. The third-order valence-corrected chi connectivity index (χ3v) is 6.60. The van der Waals surface area contributed by atoms with Crippen LogP contribution in [0, 0.1) is 11.3 Å². The highest BCUT2D eigenvalue weighted by molar-refractivity contribution is 5.85. The van der Waals surface area contributed by atoms with E-state index in [0.717, 1.165) is 56.9 Å². The van der Waals surface area contributed by atoms with Crippen LogP contribution in [0.3, 0.4) is 0 Å². The van der Waals surface area contributed by atoms with Gasteiger partial charge >= 0.3 is 0 Å². The van der Waals surface area contributed by atoms with E-state index in [1.807, 2.05) is 24.4 Å². The molecule has 1 spiro atoms. The number of piperidine rings is 2. The van der Waals surface area contributed by atoms with Crippen LogP contribution in [0.4, 0.5) is 0 Å². The average molecular weight is 412 g/mol. The summed E-state index contributed by atoms with van der Waals surface area (Å²) in [7, 11) is 0. The summed E-state index contributed by atoms with van der Waals surface area (Å²) in [5.41, 5.74) is 1.24. The van der Waals surface area contributed by atoms with Crippen molar-refractivity contribution in [1.29, 1.82) is 0 Å². The third-order valence-electron chi connectivity index (χ3n) is 6.60. The number of likely N-dealkylation sites (tertiary alicyclic amines) is 1. The first kappa shape index (κ1) is 20.4. The molecule has 27 heavy (non-hydrogen) atoms. The summed E-state index contributed by atoms with van der Waals surface area (Å²) in [4.78, 5) is 15.0. The Balaban J connectivity index is 0.00000105. The minimum Gasteiger partial charge on any atom is -0.342 e. The molecule has 3 aliphatic rings. The first-order chi connectivity index (χ1) is 12.3. The zero-order valence-corrected chi connectivity index (χ0v) is 17.0. The zero-order valence-electron chi connectivity index (χ0n) is 15.3. The molecule has 6 nitrogen and oxygen atoms in total. The number of aromatic nitrogens is 3. The minimum atomic E-state index is 0. The molecule has 148 valence electrons. The van der Waals surface area contributed by atoms with Gasteiger partial charge in [-0.05, 0) is 62.7 Å². The van der Waals surface area contributed by atoms with E-state index in [4.69, 9.17) is 0 Å². The first-order valence-electron chi connectivity index (χ1n) is 9.56. The third kappa shape index (κ3) is 3.55. The second-order valence-corrected chi connectivity index (χ2v) is 7.96. The minimum absolute atomic E-state index is 0. The molecule has 1 atom stereocenters. The number of rotatable bonds is 2. The van der Waals surface area contributed by atoms with Gasteiger partial charge < -0.3 is 10.2 Å². The fourth-order valence-electron chi connectivity index (χ4n) is 4.89. The van der Waals surface area contributed by atoms with Crippen LogP contribution in [0.1, 0.15) is 43.8 Å². The Bertz CT molecular complexity index is 796. The predicted octanol–water partition coefficient (Wildman–Crippen LogP) is 2.67. The summed E-state index contributed by atoms with van der Waals surface area (Å²) in [6.07, 6.45) is 7.47. The van der Waals surface area contributed by atoms with E-state index in [0.29, 0.717) is 23.2 Å². The topological polar surface area (TPSA) is 62.5 Å². The van der Waals surface area contributed by atoms with E-state index >= 15 is 0 Å². The van der Waals surface area contributed by atoms with Crippen LogP contribution in [0.5, 0.6) is 0 Å². The molecule has 2 aliphatic heterocycles. The summed E-state index contributed by atoms with van der Waals surface area (Å²) in [5.74, 6) is 2.14. The van der Waals surface area contributed by atoms with Gasteiger partial charge in [-0.15, -0.1) is 35.0 Å². The lowest BCUT2D eigenvalue weighted by atomic mass is 9.90. The highest BCUT2D eigenvalue weighted by Gasteiger charge is 2.58. The lowest BCUT2D eigenvalue weighted by Gasteiger charge is -2.32. The van der Waals surface area contributed by atoms with E-state index < -0.39 is 0 Å². The zero-order chi connectivity index (χ0) is 16.9. The lowest BCUT2D eigenvalue weighted by molar-refractivity contribution is -0.134. The molecule has 2 aromatic heterocycles. The van der Waals surface area contributed by atoms with Crippen molar-refractivity contribution in [1.82, 2.24) is 24.8 Å². The average Bonchev–Trinajstić information content (AvgIpc) is 3.17. The number of amides is 1. The Kier molecular flexibility index (Phi) is 5.99. The van der Waals surface area contributed by atoms with Crippen molar-refractivity contribution < 1.29 is 4.79 Å². The van der Waals surface area contributed by atoms with Gasteiger partial charge in [0.2, 0.25) is 5.91 Å². The van der Waals surface area contributed by atoms with Crippen molar-refractivity contribution in [3.05, 3.63) is 30.2 Å². The van der Waals surface area contributed by atoms with Gasteiger partial charge in [-0.25, -0.2) is 0 Å². The highest BCUT2D eigenvalue weighted by Crippen LogP contribution is 2.59. The van der Waals surface area contributed by atoms with Crippen LogP contribution in [-0.4, -0.2) is 51.6 Å². The van der Waals surface area contributed by atoms with E-state index in [1.165, 1.54) is 12.8 Å². The van der Waals surface area contributed by atoms with Gasteiger partial charge in [-0.2, -0.15) is 0 Å². The van der Waals surface area contributed by atoms with Gasteiger partial charge in [0.25, 0.3) is 0 Å². The second kappa shape index (κ2) is 7.94. The molecule has 8 heteroatoms. The maximum atomic E-state index is 12.9. The summed E-state index contributed by atoms with van der Waals surface area (Å²) >= 11 is 0. The molecule has 1 saturated carbocycles. The molecule has 1 amide bonds. The number of halogens is 2. The highest BCUT2D eigenvalue weighted by atomic mass is 35.5. The quantitative estimate of drug-likeness (QED) is 0.824. The number of carbonyl (C=O) groups is 1. The lowest BCUT2D eigenvalue weighted by Crippen LogP contribution is -2.41. The molecular weight excluding hydrogens is 385 g/mol. The summed E-state index contributed by atoms with van der Waals surface area (Å²) < 4.78 is 2.09. The maximum absolute atomic E-state index is 12.9. The van der Waals surface area contributed by atoms with Crippen LogP contribution in [0.25, 0.3) is 5.65 Å². The van der Waals surface area contributed by atoms with Crippen molar-refractivity contribution in [2.75, 3.05) is 26.2 Å². The first-order valence-corrected chi connectivity index (χ1v) is 9.56. The van der Waals surface area contributed by atoms with Gasteiger partial charge in [0, 0.05) is 31.1 Å². The van der Waals surface area contributed by atoms with E-state index in [9.17, 15) is 4.79 Å². The molecule has 2 saturated heterocycles. The van der Waals surface area contributed by atoms with Crippen LogP contribution in [0.15, 0.2) is 24.4 Å². The number of fused-ring (bicyclic) bond motifs is 1. The standard InChI is InChI=1S/C19H25N5O.2ClH/c25-18(15-13-19(15)6-8-20-9-7-19)23-11-4-14(5-12-23)17-22-21-16-3-1-2-10-24(16)17;;/h1-3,10,14-15,20H,4-9,11-13H2;2*1H. The molecule has 5 rings (SSSR count). The number of pyridine rings is 1. The Morgan fingerprint density at radius 2 is 1.85 bits per heavy atom. The molecule has 0 aromatic carbocycles. The van der Waals surface area contributed by atoms with Crippen LogP contribution in [0.2, 0.25) is 0 Å². The fraction of sp³-hybridized carbons (Fsp3) is 0.632. The Morgan fingerprint density at radius 3 is 2.59 bits per heavy atom. The van der Waals surface area contributed by atoms with Crippen LogP contribution < -0.4 is 5.32 Å². The van der Waals surface area contributed by atoms with Gasteiger partial charge in [0.1, 0.15) is 5.82 Å². The number of nitrogens with one attached hydrogen (secondary N) is 1. The van der Waals surface area contributed by atoms with Crippen LogP contribution in [-0.2, 0) is 4.79 Å². The number of hydrogen-bond acceptors (Lipinski definition) is 4. The van der Waals surface area contributed by atoms with Gasteiger partial charge in [-0.1, -0.05) is 6.07 Å². The van der Waals surface area contributed by atoms with Gasteiger partial charge in [0.15, 0.2) is 5.65 Å². The maximum Gasteiger partial charge on any atom is 0.226 e. The molecule has 1 N–H and O–H groups in total. The summed E-state index contributed by atoms with van der Waals surface area (Å²) in [5, 5.41) is 12.1. The molecule has 0 bridgehead atoms. The molecule has 4 heterocycles. The molecule has 2 aromatic rings. The number of carbonyl (C=O) groups excluding carboxylic acids is 1. The van der Waals surface area contributed by atoms with Crippen molar-refractivity contribution in [2.24, 2.45) is 11.3 Å². The van der Waals surface area contributed by atoms with E-state index in [1.54, 1.807) is 0 Å². The molecule has 1 unspecified atom stereocenters. The number of hydrogen-bond donors (Lipinski definition) is 1. The van der Waals surface area contributed by atoms with Crippen molar-refractivity contribution in [3.8, 4) is 0 Å². The normalized spacial score (nSPS) is 24.3. The van der Waals surface area contributed by atoms with E-state index in [-0.39, 0.29) is 24.8 Å².